The minimum atomic E-state index is -0.676. The molecule has 0 radical (unpaired) electrons. The highest BCUT2D eigenvalue weighted by Crippen LogP contribution is 2.20. The van der Waals surface area contributed by atoms with Gasteiger partial charge in [0.25, 0.3) is 5.91 Å². The number of carbonyl (C=O) groups is 2. The Morgan fingerprint density at radius 3 is 2.32 bits per heavy atom. The zero-order valence-electron chi connectivity index (χ0n) is 16.8. The Labute approximate surface area is 179 Å². The highest BCUT2D eigenvalue weighted by molar-refractivity contribution is 5.93. The zero-order chi connectivity index (χ0) is 21.9. The molecule has 3 rings (SSSR count). The summed E-state index contributed by atoms with van der Waals surface area (Å²) in [4.78, 5) is 24.3. The normalized spacial score (nSPS) is 10.2. The van der Waals surface area contributed by atoms with Crippen molar-refractivity contribution in [2.75, 3.05) is 19.8 Å². The molecule has 7 heteroatoms. The molecule has 0 heterocycles. The van der Waals surface area contributed by atoms with Gasteiger partial charge in [-0.15, -0.1) is 0 Å². The molecule has 3 aromatic rings. The maximum absolute atomic E-state index is 13.0. The van der Waals surface area contributed by atoms with Crippen LogP contribution in [-0.4, -0.2) is 31.6 Å². The first-order chi connectivity index (χ1) is 15.1. The number of rotatable bonds is 10. The number of para-hydroxylation sites is 2. The fourth-order valence-electron chi connectivity index (χ4n) is 2.64. The Bertz CT molecular complexity index is 992. The van der Waals surface area contributed by atoms with Gasteiger partial charge in [-0.1, -0.05) is 42.5 Å². The lowest BCUT2D eigenvalue weighted by molar-refractivity contribution is -0.124. The van der Waals surface area contributed by atoms with E-state index in [4.69, 9.17) is 14.2 Å². The number of esters is 1. The summed E-state index contributed by atoms with van der Waals surface area (Å²) in [5, 5.41) is 2.62. The monoisotopic (exact) mass is 423 g/mol. The average molecular weight is 423 g/mol. The van der Waals surface area contributed by atoms with Crippen LogP contribution in [0.5, 0.6) is 11.5 Å². The standard InChI is InChI=1S/C24H22FNO5/c25-19-12-10-18(11-13-19)16-30-22-9-5-4-8-21(22)24(28)31-17-23(27)26-14-15-29-20-6-2-1-3-7-20/h1-13H,14-17H2,(H,26,27). The zero-order valence-corrected chi connectivity index (χ0v) is 16.8. The van der Waals surface area contributed by atoms with Crippen molar-refractivity contribution in [1.29, 1.82) is 0 Å². The quantitative estimate of drug-likeness (QED) is 0.397. The second-order valence-electron chi connectivity index (χ2n) is 6.50. The van der Waals surface area contributed by atoms with Crippen LogP contribution in [0.2, 0.25) is 0 Å². The Kier molecular flexibility index (Phi) is 7.99. The Morgan fingerprint density at radius 2 is 1.55 bits per heavy atom. The molecule has 0 aliphatic carbocycles. The van der Waals surface area contributed by atoms with Gasteiger partial charge in [0.15, 0.2) is 6.61 Å². The molecule has 160 valence electrons. The van der Waals surface area contributed by atoms with Gasteiger partial charge in [0.05, 0.1) is 6.54 Å². The van der Waals surface area contributed by atoms with Crippen LogP contribution in [0.25, 0.3) is 0 Å². The van der Waals surface area contributed by atoms with Crippen LogP contribution in [0, 0.1) is 5.82 Å². The molecule has 0 fully saturated rings. The number of ether oxygens (including phenoxy) is 3. The maximum Gasteiger partial charge on any atom is 0.342 e. The molecule has 1 N–H and O–H groups in total. The largest absolute Gasteiger partial charge is 0.492 e. The lowest BCUT2D eigenvalue weighted by Gasteiger charge is -2.12. The van der Waals surface area contributed by atoms with Crippen LogP contribution in [0.15, 0.2) is 78.9 Å². The van der Waals surface area contributed by atoms with E-state index in [9.17, 15) is 14.0 Å². The summed E-state index contributed by atoms with van der Waals surface area (Å²) in [6.45, 7) is 0.315. The van der Waals surface area contributed by atoms with Crippen molar-refractivity contribution >= 4 is 11.9 Å². The van der Waals surface area contributed by atoms with E-state index < -0.39 is 18.5 Å². The highest BCUT2D eigenvalue weighted by Gasteiger charge is 2.15. The van der Waals surface area contributed by atoms with Crippen molar-refractivity contribution in [3.8, 4) is 11.5 Å². The maximum atomic E-state index is 13.0. The van der Waals surface area contributed by atoms with Gasteiger partial charge in [-0.3, -0.25) is 4.79 Å². The first-order valence-electron chi connectivity index (χ1n) is 9.70. The number of carbonyl (C=O) groups excluding carboxylic acids is 2. The van der Waals surface area contributed by atoms with E-state index in [1.165, 1.54) is 12.1 Å². The molecular formula is C24H22FNO5. The van der Waals surface area contributed by atoms with Gasteiger partial charge < -0.3 is 19.5 Å². The highest BCUT2D eigenvalue weighted by atomic mass is 19.1. The molecule has 0 bridgehead atoms. The van der Waals surface area contributed by atoms with Crippen molar-refractivity contribution in [2.45, 2.75) is 6.61 Å². The lowest BCUT2D eigenvalue weighted by Crippen LogP contribution is -2.32. The second-order valence-corrected chi connectivity index (χ2v) is 6.50. The van der Waals surface area contributed by atoms with Crippen LogP contribution < -0.4 is 14.8 Å². The van der Waals surface area contributed by atoms with Gasteiger partial charge in [0.1, 0.15) is 36.1 Å². The van der Waals surface area contributed by atoms with Gasteiger partial charge in [0.2, 0.25) is 0 Å². The molecule has 0 spiro atoms. The number of hydrogen-bond acceptors (Lipinski definition) is 5. The summed E-state index contributed by atoms with van der Waals surface area (Å²) in [5.74, 6) is -0.424. The minimum absolute atomic E-state index is 0.159. The molecule has 1 amide bonds. The molecule has 0 saturated carbocycles. The molecule has 6 nitrogen and oxygen atoms in total. The first kappa shape index (κ1) is 21.8. The molecule has 3 aromatic carbocycles. The molecule has 0 aliphatic rings. The van der Waals surface area contributed by atoms with Crippen molar-refractivity contribution in [2.24, 2.45) is 0 Å². The number of benzene rings is 3. The number of nitrogens with one attached hydrogen (secondary N) is 1. The summed E-state index contributed by atoms with van der Waals surface area (Å²) in [5.41, 5.74) is 0.950. The van der Waals surface area contributed by atoms with Gasteiger partial charge in [0, 0.05) is 0 Å². The van der Waals surface area contributed by atoms with Crippen LogP contribution >= 0.6 is 0 Å². The third kappa shape index (κ3) is 7.15. The van der Waals surface area contributed by atoms with E-state index in [1.54, 1.807) is 36.4 Å². The SMILES string of the molecule is O=C(COC(=O)c1ccccc1OCc1ccc(F)cc1)NCCOc1ccccc1. The van der Waals surface area contributed by atoms with Gasteiger partial charge in [-0.05, 0) is 42.0 Å². The molecule has 0 saturated heterocycles. The van der Waals surface area contributed by atoms with E-state index in [1.807, 2.05) is 30.3 Å². The second kappa shape index (κ2) is 11.3. The van der Waals surface area contributed by atoms with Crippen LogP contribution in [0.3, 0.4) is 0 Å². The summed E-state index contributed by atoms with van der Waals surface area (Å²) >= 11 is 0. The van der Waals surface area contributed by atoms with Crippen LogP contribution in [0.4, 0.5) is 4.39 Å². The predicted molar refractivity (Wildman–Crippen MR) is 112 cm³/mol. The summed E-state index contributed by atoms with van der Waals surface area (Å²) in [7, 11) is 0. The van der Waals surface area contributed by atoms with E-state index in [0.29, 0.717) is 18.1 Å². The first-order valence-corrected chi connectivity index (χ1v) is 9.70. The fourth-order valence-corrected chi connectivity index (χ4v) is 2.64. The van der Waals surface area contributed by atoms with E-state index in [0.717, 1.165) is 5.56 Å². The average Bonchev–Trinajstić information content (AvgIpc) is 2.81. The van der Waals surface area contributed by atoms with Crippen molar-refractivity contribution < 1.29 is 28.2 Å². The third-order valence-electron chi connectivity index (χ3n) is 4.19. The Hall–Kier alpha value is -3.87. The van der Waals surface area contributed by atoms with Gasteiger partial charge in [-0.25, -0.2) is 9.18 Å². The fraction of sp³-hybridized carbons (Fsp3) is 0.167. The minimum Gasteiger partial charge on any atom is -0.492 e. The third-order valence-corrected chi connectivity index (χ3v) is 4.19. The summed E-state index contributed by atoms with van der Waals surface area (Å²) in [6, 6.07) is 21.7. The number of amides is 1. The van der Waals surface area contributed by atoms with Crippen molar-refractivity contribution in [3.05, 3.63) is 95.8 Å². The van der Waals surface area contributed by atoms with Gasteiger partial charge in [-0.2, -0.15) is 0 Å². The summed E-state index contributed by atoms with van der Waals surface area (Å²) in [6.07, 6.45) is 0. The Morgan fingerprint density at radius 1 is 0.839 bits per heavy atom. The van der Waals surface area contributed by atoms with Gasteiger partial charge >= 0.3 is 5.97 Å². The smallest absolute Gasteiger partial charge is 0.342 e. The van der Waals surface area contributed by atoms with Crippen molar-refractivity contribution in [1.82, 2.24) is 5.32 Å². The lowest BCUT2D eigenvalue weighted by atomic mass is 10.2. The molecule has 0 atom stereocenters. The van der Waals surface area contributed by atoms with E-state index in [2.05, 4.69) is 5.32 Å². The molecular weight excluding hydrogens is 401 g/mol. The van der Waals surface area contributed by atoms with Crippen molar-refractivity contribution in [3.63, 3.8) is 0 Å². The molecule has 0 aliphatic heterocycles. The topological polar surface area (TPSA) is 73.9 Å². The molecule has 0 aromatic heterocycles. The van der Waals surface area contributed by atoms with E-state index in [-0.39, 0.29) is 24.5 Å². The Balaban J connectivity index is 1.43. The molecule has 0 unspecified atom stereocenters. The van der Waals surface area contributed by atoms with E-state index >= 15 is 0 Å². The number of hydrogen-bond donors (Lipinski definition) is 1. The predicted octanol–water partition coefficient (Wildman–Crippen LogP) is 3.76. The van der Waals surface area contributed by atoms with Crippen LogP contribution in [-0.2, 0) is 16.1 Å². The summed E-state index contributed by atoms with van der Waals surface area (Å²) < 4.78 is 29.2. The molecule has 31 heavy (non-hydrogen) atoms. The number of halogens is 1. The van der Waals surface area contributed by atoms with Crippen LogP contribution in [0.1, 0.15) is 15.9 Å².